The van der Waals surface area contributed by atoms with Crippen LogP contribution in [0, 0.1) is 11.7 Å². The second-order valence-corrected chi connectivity index (χ2v) is 9.04. The van der Waals surface area contributed by atoms with Crippen LogP contribution in [0.25, 0.3) is 0 Å². The number of rotatable bonds is 6. The third-order valence-corrected chi connectivity index (χ3v) is 6.59. The van der Waals surface area contributed by atoms with Crippen LogP contribution in [0.2, 0.25) is 0 Å². The highest BCUT2D eigenvalue weighted by atomic mass is 79.9. The normalized spacial score (nSPS) is 21.8. The molecule has 2 heterocycles. The maximum Gasteiger partial charge on any atom is 0.266 e. The maximum atomic E-state index is 14.0. The summed E-state index contributed by atoms with van der Waals surface area (Å²) in [5, 5.41) is 1.59. The molecule has 3 aromatic carbocycles. The number of fused-ring (bicyclic) bond motifs is 1. The number of hydrogen-bond donors (Lipinski definition) is 0. The Balaban J connectivity index is 1.51. The van der Waals surface area contributed by atoms with E-state index in [1.807, 2.05) is 37.3 Å². The lowest BCUT2D eigenvalue weighted by Crippen LogP contribution is -2.37. The Morgan fingerprint density at radius 3 is 2.38 bits per heavy atom. The van der Waals surface area contributed by atoms with E-state index in [9.17, 15) is 14.0 Å². The van der Waals surface area contributed by atoms with Crippen LogP contribution >= 0.6 is 15.9 Å². The number of carbonyl (C=O) groups excluding carboxylic acids is 2. The SMILES string of the molecule is CCCOc1ccc(N2C(=O)[C@@H]3[C@@H](c4ccc(F)c(Br)c4)N(c4ccccc4)O[C@H]3C2=O)cc1. The van der Waals surface area contributed by atoms with Gasteiger partial charge in [-0.15, -0.1) is 0 Å². The van der Waals surface area contributed by atoms with Gasteiger partial charge in [-0.25, -0.2) is 14.4 Å². The summed E-state index contributed by atoms with van der Waals surface area (Å²) in [4.78, 5) is 34.3. The van der Waals surface area contributed by atoms with Gasteiger partial charge in [0, 0.05) is 0 Å². The van der Waals surface area contributed by atoms with Crippen LogP contribution in [0.4, 0.5) is 15.8 Å². The third-order valence-electron chi connectivity index (χ3n) is 5.98. The fraction of sp³-hybridized carbons (Fsp3) is 0.231. The van der Waals surface area contributed by atoms with Crippen molar-refractivity contribution in [2.45, 2.75) is 25.5 Å². The molecule has 0 aromatic heterocycles. The van der Waals surface area contributed by atoms with E-state index < -0.39 is 29.8 Å². The Morgan fingerprint density at radius 1 is 0.971 bits per heavy atom. The molecule has 3 aromatic rings. The van der Waals surface area contributed by atoms with Crippen molar-refractivity contribution in [1.82, 2.24) is 0 Å². The number of benzene rings is 3. The molecular formula is C26H22BrFN2O4. The Hall–Kier alpha value is -3.23. The van der Waals surface area contributed by atoms with Crippen molar-refractivity contribution < 1.29 is 23.6 Å². The van der Waals surface area contributed by atoms with Gasteiger partial charge in [0.2, 0.25) is 5.91 Å². The number of hydrogen-bond acceptors (Lipinski definition) is 5. The number of ether oxygens (including phenoxy) is 1. The topological polar surface area (TPSA) is 59.1 Å². The smallest absolute Gasteiger partial charge is 0.266 e. The minimum absolute atomic E-state index is 0.276. The summed E-state index contributed by atoms with van der Waals surface area (Å²) in [6, 6.07) is 20.1. The lowest BCUT2D eigenvalue weighted by molar-refractivity contribution is -0.126. The highest BCUT2D eigenvalue weighted by Gasteiger charge is 2.60. The second kappa shape index (κ2) is 9.19. The number of carbonyl (C=O) groups is 2. The van der Waals surface area contributed by atoms with Gasteiger partial charge in [-0.05, 0) is 76.4 Å². The average Bonchev–Trinajstić information content (AvgIpc) is 3.36. The van der Waals surface area contributed by atoms with E-state index in [4.69, 9.17) is 9.57 Å². The monoisotopic (exact) mass is 524 g/mol. The van der Waals surface area contributed by atoms with E-state index >= 15 is 0 Å². The molecule has 0 aliphatic carbocycles. The van der Waals surface area contributed by atoms with Gasteiger partial charge in [0.25, 0.3) is 5.91 Å². The average molecular weight is 525 g/mol. The van der Waals surface area contributed by atoms with Gasteiger partial charge in [0.1, 0.15) is 17.5 Å². The Morgan fingerprint density at radius 2 is 1.71 bits per heavy atom. The van der Waals surface area contributed by atoms with Gasteiger partial charge < -0.3 is 4.74 Å². The van der Waals surface area contributed by atoms with Gasteiger partial charge in [-0.2, -0.15) is 0 Å². The highest BCUT2D eigenvalue weighted by molar-refractivity contribution is 9.10. The molecule has 2 saturated heterocycles. The van der Waals surface area contributed by atoms with E-state index in [1.54, 1.807) is 41.5 Å². The zero-order valence-electron chi connectivity index (χ0n) is 18.4. The van der Waals surface area contributed by atoms with Crippen molar-refractivity contribution in [1.29, 1.82) is 0 Å². The maximum absolute atomic E-state index is 14.0. The molecule has 34 heavy (non-hydrogen) atoms. The molecule has 0 spiro atoms. The number of anilines is 2. The van der Waals surface area contributed by atoms with Crippen molar-refractivity contribution in [2.24, 2.45) is 5.92 Å². The predicted octanol–water partition coefficient (Wildman–Crippen LogP) is 5.43. The van der Waals surface area contributed by atoms with Gasteiger partial charge in [0.05, 0.1) is 28.5 Å². The zero-order valence-corrected chi connectivity index (χ0v) is 19.9. The summed E-state index contributed by atoms with van der Waals surface area (Å²) in [7, 11) is 0. The van der Waals surface area contributed by atoms with Crippen molar-refractivity contribution in [3.05, 3.63) is 88.6 Å². The summed E-state index contributed by atoms with van der Waals surface area (Å²) in [6.45, 7) is 2.60. The number of halogens is 2. The summed E-state index contributed by atoms with van der Waals surface area (Å²) in [6.07, 6.45) is -0.109. The van der Waals surface area contributed by atoms with Crippen LogP contribution in [-0.2, 0) is 14.4 Å². The molecule has 6 nitrogen and oxygen atoms in total. The molecule has 2 amide bonds. The minimum atomic E-state index is -0.988. The molecule has 3 atom stereocenters. The fourth-order valence-corrected chi connectivity index (χ4v) is 4.81. The number of hydroxylamine groups is 1. The molecule has 2 aliphatic rings. The highest BCUT2D eigenvalue weighted by Crippen LogP contribution is 2.48. The first-order valence-corrected chi connectivity index (χ1v) is 11.9. The predicted molar refractivity (Wildman–Crippen MR) is 129 cm³/mol. The van der Waals surface area contributed by atoms with Crippen LogP contribution in [0.15, 0.2) is 77.3 Å². The molecule has 5 rings (SSSR count). The standard InChI is InChI=1S/C26H22BrFN2O4/c1-2-14-33-19-11-9-17(10-12-19)29-25(31)22-23(16-8-13-21(28)20(27)15-16)30(34-24(22)26(29)32)18-6-4-3-5-7-18/h3-13,15,22-24H,2,14H2,1H3/t22-,23-,24-/m1/s1. The quantitative estimate of drug-likeness (QED) is 0.402. The van der Waals surface area contributed by atoms with Crippen LogP contribution in [0.3, 0.4) is 0 Å². The lowest BCUT2D eigenvalue weighted by Gasteiger charge is -2.29. The van der Waals surface area contributed by atoms with Crippen molar-refractivity contribution >= 4 is 39.1 Å². The number of imide groups is 1. The van der Waals surface area contributed by atoms with Crippen molar-refractivity contribution in [2.75, 3.05) is 16.6 Å². The molecule has 8 heteroatoms. The number of amides is 2. The Kier molecular flexibility index (Phi) is 6.10. The molecule has 174 valence electrons. The van der Waals surface area contributed by atoms with Crippen LogP contribution in [0.5, 0.6) is 5.75 Å². The minimum Gasteiger partial charge on any atom is -0.494 e. The van der Waals surface area contributed by atoms with Crippen LogP contribution in [-0.4, -0.2) is 24.5 Å². The summed E-state index contributed by atoms with van der Waals surface area (Å²) >= 11 is 3.23. The van der Waals surface area contributed by atoms with Crippen LogP contribution < -0.4 is 14.7 Å². The van der Waals surface area contributed by atoms with Gasteiger partial charge >= 0.3 is 0 Å². The zero-order chi connectivity index (χ0) is 23.8. The molecule has 0 saturated carbocycles. The summed E-state index contributed by atoms with van der Waals surface area (Å²) < 4.78 is 19.9. The van der Waals surface area contributed by atoms with Gasteiger partial charge in [0.15, 0.2) is 6.10 Å². The second-order valence-electron chi connectivity index (χ2n) is 8.19. The van der Waals surface area contributed by atoms with E-state index in [-0.39, 0.29) is 10.4 Å². The third kappa shape index (κ3) is 3.86. The van der Waals surface area contributed by atoms with E-state index in [0.717, 1.165) is 6.42 Å². The van der Waals surface area contributed by atoms with E-state index in [2.05, 4.69) is 15.9 Å². The number of para-hydroxylation sites is 1. The van der Waals surface area contributed by atoms with E-state index in [1.165, 1.54) is 11.0 Å². The first-order valence-electron chi connectivity index (χ1n) is 11.1. The Bertz CT molecular complexity index is 1220. The molecule has 0 radical (unpaired) electrons. The van der Waals surface area contributed by atoms with Gasteiger partial charge in [-0.1, -0.05) is 31.2 Å². The van der Waals surface area contributed by atoms with Crippen LogP contribution in [0.1, 0.15) is 24.9 Å². The molecule has 2 fully saturated rings. The summed E-state index contributed by atoms with van der Waals surface area (Å²) in [5.74, 6) is -1.32. The van der Waals surface area contributed by atoms with Crippen molar-refractivity contribution in [3.63, 3.8) is 0 Å². The Labute approximate surface area is 205 Å². The molecule has 0 N–H and O–H groups in total. The molecular weight excluding hydrogens is 503 g/mol. The first-order chi connectivity index (χ1) is 16.5. The fourth-order valence-electron chi connectivity index (χ4n) is 4.41. The van der Waals surface area contributed by atoms with E-state index in [0.29, 0.717) is 29.3 Å². The number of nitrogens with zero attached hydrogens (tertiary/aromatic N) is 2. The van der Waals surface area contributed by atoms with Gasteiger partial charge in [-0.3, -0.25) is 14.4 Å². The largest absolute Gasteiger partial charge is 0.494 e. The lowest BCUT2D eigenvalue weighted by atomic mass is 9.90. The molecule has 0 bridgehead atoms. The van der Waals surface area contributed by atoms with Crippen molar-refractivity contribution in [3.8, 4) is 5.75 Å². The molecule has 0 unspecified atom stereocenters. The first kappa shape index (κ1) is 22.6. The molecule has 2 aliphatic heterocycles. The summed E-state index contributed by atoms with van der Waals surface area (Å²) in [5.41, 5.74) is 1.82.